The molecule has 1 heterocycles. The first-order valence-electron chi connectivity index (χ1n) is 6.55. The van der Waals surface area contributed by atoms with E-state index in [2.05, 4.69) is 30.1 Å². The second kappa shape index (κ2) is 6.20. The van der Waals surface area contributed by atoms with Gasteiger partial charge in [0.2, 0.25) is 0 Å². The number of nitrogens with zero attached hydrogens (tertiary/aromatic N) is 1. The predicted octanol–water partition coefficient (Wildman–Crippen LogP) is 4.67. The smallest absolute Gasteiger partial charge is 0.0434 e. The van der Waals surface area contributed by atoms with E-state index in [-0.39, 0.29) is 0 Å². The van der Waals surface area contributed by atoms with E-state index in [0.29, 0.717) is 11.8 Å². The fourth-order valence-electron chi connectivity index (χ4n) is 2.60. The Hall–Kier alpha value is -0.820. The van der Waals surface area contributed by atoms with E-state index in [9.17, 15) is 0 Å². The third kappa shape index (κ3) is 3.32. The lowest BCUT2D eigenvalue weighted by Gasteiger charge is -2.26. The van der Waals surface area contributed by atoms with Crippen LogP contribution < -0.4 is 0 Å². The van der Waals surface area contributed by atoms with Crippen molar-refractivity contribution in [2.45, 2.75) is 44.9 Å². The average Bonchev–Trinajstić information content (AvgIpc) is 2.40. The standard InChI is InChI=1S/C15H20ClN/c1-2-12-5-8-15(17-11-12)14-6-3-13(4-7-14)9-10-16/h5,8-11,13-14H,2-4,6-7H2,1H3/b10-9+. The lowest BCUT2D eigenvalue weighted by atomic mass is 9.80. The number of halogens is 1. The molecule has 2 rings (SSSR count). The molecule has 1 aliphatic rings. The molecule has 0 aromatic carbocycles. The number of hydrogen-bond donors (Lipinski definition) is 0. The van der Waals surface area contributed by atoms with Gasteiger partial charge in [-0.05, 0) is 49.7 Å². The van der Waals surface area contributed by atoms with Crippen molar-refractivity contribution >= 4 is 11.6 Å². The third-order valence-electron chi connectivity index (χ3n) is 3.79. The average molecular weight is 250 g/mol. The molecular weight excluding hydrogens is 230 g/mol. The Morgan fingerprint density at radius 3 is 2.59 bits per heavy atom. The highest BCUT2D eigenvalue weighted by Crippen LogP contribution is 2.35. The van der Waals surface area contributed by atoms with Gasteiger partial charge >= 0.3 is 0 Å². The minimum absolute atomic E-state index is 0.654. The molecule has 0 radical (unpaired) electrons. The van der Waals surface area contributed by atoms with Crippen molar-refractivity contribution < 1.29 is 0 Å². The van der Waals surface area contributed by atoms with Crippen molar-refractivity contribution in [1.82, 2.24) is 4.98 Å². The van der Waals surface area contributed by atoms with Gasteiger partial charge in [0.1, 0.15) is 0 Å². The van der Waals surface area contributed by atoms with Crippen molar-refractivity contribution in [3.8, 4) is 0 Å². The summed E-state index contributed by atoms with van der Waals surface area (Å²) in [5, 5.41) is 0. The quantitative estimate of drug-likeness (QED) is 0.759. The van der Waals surface area contributed by atoms with E-state index in [1.807, 2.05) is 6.20 Å². The van der Waals surface area contributed by atoms with E-state index in [1.165, 1.54) is 36.9 Å². The lowest BCUT2D eigenvalue weighted by Crippen LogP contribution is -2.12. The van der Waals surface area contributed by atoms with E-state index in [0.717, 1.165) is 6.42 Å². The molecule has 1 aromatic rings. The minimum Gasteiger partial charge on any atom is -0.261 e. The van der Waals surface area contributed by atoms with Crippen LogP contribution >= 0.6 is 11.6 Å². The van der Waals surface area contributed by atoms with Crippen LogP contribution in [-0.4, -0.2) is 4.98 Å². The zero-order chi connectivity index (χ0) is 12.1. The number of hydrogen-bond acceptors (Lipinski definition) is 1. The highest BCUT2D eigenvalue weighted by Gasteiger charge is 2.21. The van der Waals surface area contributed by atoms with Gasteiger partial charge < -0.3 is 0 Å². The van der Waals surface area contributed by atoms with Gasteiger partial charge in [-0.1, -0.05) is 30.7 Å². The van der Waals surface area contributed by atoms with Gasteiger partial charge in [-0.3, -0.25) is 4.98 Å². The second-order valence-corrected chi connectivity index (χ2v) is 5.13. The van der Waals surface area contributed by atoms with Crippen LogP contribution in [0.25, 0.3) is 0 Å². The fourth-order valence-corrected chi connectivity index (χ4v) is 2.80. The molecule has 1 aromatic heterocycles. The monoisotopic (exact) mass is 249 g/mol. The number of rotatable bonds is 3. The Kier molecular flexibility index (Phi) is 4.61. The topological polar surface area (TPSA) is 12.9 Å². The molecule has 0 atom stereocenters. The summed E-state index contributed by atoms with van der Waals surface area (Å²) in [6.07, 6.45) is 10.2. The van der Waals surface area contributed by atoms with Crippen LogP contribution in [0.15, 0.2) is 29.9 Å². The molecule has 0 aliphatic heterocycles. The van der Waals surface area contributed by atoms with E-state index < -0.39 is 0 Å². The second-order valence-electron chi connectivity index (χ2n) is 4.88. The Bertz CT molecular complexity index is 361. The summed E-state index contributed by atoms with van der Waals surface area (Å²) >= 11 is 5.63. The zero-order valence-corrected chi connectivity index (χ0v) is 11.2. The van der Waals surface area contributed by atoms with Crippen molar-refractivity contribution in [1.29, 1.82) is 0 Å². The summed E-state index contributed by atoms with van der Waals surface area (Å²) in [5.41, 5.74) is 4.27. The highest BCUT2D eigenvalue weighted by molar-refractivity contribution is 6.25. The Labute approximate surface area is 109 Å². The van der Waals surface area contributed by atoms with Crippen molar-refractivity contribution in [3.63, 3.8) is 0 Å². The van der Waals surface area contributed by atoms with E-state index in [1.54, 1.807) is 5.54 Å². The molecule has 0 bridgehead atoms. The first kappa shape index (κ1) is 12.6. The maximum absolute atomic E-state index is 5.63. The molecule has 17 heavy (non-hydrogen) atoms. The first-order chi connectivity index (χ1) is 8.33. The van der Waals surface area contributed by atoms with Crippen LogP contribution in [0.4, 0.5) is 0 Å². The van der Waals surface area contributed by atoms with Crippen LogP contribution in [0.2, 0.25) is 0 Å². The van der Waals surface area contributed by atoms with Crippen molar-refractivity contribution in [3.05, 3.63) is 41.2 Å². The molecular formula is C15H20ClN. The molecule has 0 unspecified atom stereocenters. The van der Waals surface area contributed by atoms with Gasteiger partial charge in [0.25, 0.3) is 0 Å². The van der Waals surface area contributed by atoms with Gasteiger partial charge in [-0.25, -0.2) is 0 Å². The van der Waals surface area contributed by atoms with Crippen LogP contribution in [0.3, 0.4) is 0 Å². The molecule has 1 aliphatic carbocycles. The molecule has 1 fully saturated rings. The lowest BCUT2D eigenvalue weighted by molar-refractivity contribution is 0.371. The maximum Gasteiger partial charge on any atom is 0.0434 e. The Balaban J connectivity index is 1.95. The predicted molar refractivity (Wildman–Crippen MR) is 73.3 cm³/mol. The van der Waals surface area contributed by atoms with Crippen LogP contribution in [-0.2, 0) is 6.42 Å². The normalized spacial score (nSPS) is 25.3. The summed E-state index contributed by atoms with van der Waals surface area (Å²) in [7, 11) is 0. The minimum atomic E-state index is 0.654. The van der Waals surface area contributed by atoms with Crippen molar-refractivity contribution in [2.75, 3.05) is 0 Å². The molecule has 2 heteroatoms. The Morgan fingerprint density at radius 1 is 1.29 bits per heavy atom. The van der Waals surface area contributed by atoms with Crippen LogP contribution in [0.1, 0.15) is 49.8 Å². The first-order valence-corrected chi connectivity index (χ1v) is 6.98. The summed E-state index contributed by atoms with van der Waals surface area (Å²) in [4.78, 5) is 4.60. The summed E-state index contributed by atoms with van der Waals surface area (Å²) < 4.78 is 0. The molecule has 0 amide bonds. The number of pyridine rings is 1. The molecule has 0 saturated heterocycles. The van der Waals surface area contributed by atoms with Gasteiger partial charge in [-0.2, -0.15) is 0 Å². The van der Waals surface area contributed by atoms with Crippen molar-refractivity contribution in [2.24, 2.45) is 5.92 Å². The summed E-state index contributed by atoms with van der Waals surface area (Å²) in [6.45, 7) is 2.17. The SMILES string of the molecule is CCc1ccc(C2CCC(/C=C/Cl)CC2)nc1. The molecule has 0 spiro atoms. The molecule has 0 N–H and O–H groups in total. The summed E-state index contributed by atoms with van der Waals surface area (Å²) in [6, 6.07) is 4.42. The van der Waals surface area contributed by atoms with Gasteiger partial charge in [0.15, 0.2) is 0 Å². The van der Waals surface area contributed by atoms with Crippen LogP contribution in [0, 0.1) is 5.92 Å². The Morgan fingerprint density at radius 2 is 2.06 bits per heavy atom. The van der Waals surface area contributed by atoms with E-state index in [4.69, 9.17) is 11.6 Å². The van der Waals surface area contributed by atoms with Gasteiger partial charge in [0.05, 0.1) is 0 Å². The molecule has 92 valence electrons. The third-order valence-corrected chi connectivity index (χ3v) is 3.94. The highest BCUT2D eigenvalue weighted by atomic mass is 35.5. The fraction of sp³-hybridized carbons (Fsp3) is 0.533. The largest absolute Gasteiger partial charge is 0.261 e. The number of aromatic nitrogens is 1. The molecule has 1 saturated carbocycles. The molecule has 1 nitrogen and oxygen atoms in total. The zero-order valence-electron chi connectivity index (χ0n) is 10.4. The summed E-state index contributed by atoms with van der Waals surface area (Å²) in [5.74, 6) is 1.33. The van der Waals surface area contributed by atoms with Gasteiger partial charge in [0, 0.05) is 23.3 Å². The van der Waals surface area contributed by atoms with Gasteiger partial charge in [-0.15, -0.1) is 0 Å². The number of aryl methyl sites for hydroxylation is 1. The number of allylic oxidation sites excluding steroid dienone is 1. The van der Waals surface area contributed by atoms with Crippen LogP contribution in [0.5, 0.6) is 0 Å². The maximum atomic E-state index is 5.63. The van der Waals surface area contributed by atoms with E-state index >= 15 is 0 Å².